The molecule has 2 aromatic carbocycles. The van der Waals surface area contributed by atoms with Crippen molar-refractivity contribution in [1.82, 2.24) is 4.72 Å². The molecule has 7 heteroatoms. The molecule has 0 spiro atoms. The van der Waals surface area contributed by atoms with Crippen LogP contribution in [-0.4, -0.2) is 31.5 Å². The Morgan fingerprint density at radius 1 is 1.11 bits per heavy atom. The van der Waals surface area contributed by atoms with Crippen LogP contribution < -0.4 is 4.72 Å². The Balaban J connectivity index is 2.27. The molecule has 2 unspecified atom stereocenters. The maximum Gasteiger partial charge on any atom is 0.310 e. The van der Waals surface area contributed by atoms with Crippen molar-refractivity contribution in [3.8, 4) is 0 Å². The molecule has 0 heterocycles. The minimum absolute atomic E-state index is 0.185. The van der Waals surface area contributed by atoms with Gasteiger partial charge in [-0.1, -0.05) is 70.6 Å². The molecule has 5 nitrogen and oxygen atoms in total. The van der Waals surface area contributed by atoms with Crippen molar-refractivity contribution < 1.29 is 17.9 Å². The first-order valence-corrected chi connectivity index (χ1v) is 11.7. The van der Waals surface area contributed by atoms with Crippen LogP contribution in [0.15, 0.2) is 59.5 Å². The summed E-state index contributed by atoms with van der Waals surface area (Å²) >= 11 is 2.10. The van der Waals surface area contributed by atoms with Crippen molar-refractivity contribution in [2.45, 2.75) is 31.2 Å². The van der Waals surface area contributed by atoms with Gasteiger partial charge in [0, 0.05) is 10.5 Å². The average molecular weight is 501 g/mol. The first kappa shape index (κ1) is 21.8. The summed E-state index contributed by atoms with van der Waals surface area (Å²) in [6.45, 7) is 3.89. The van der Waals surface area contributed by atoms with E-state index in [2.05, 4.69) is 27.3 Å². The third-order valence-electron chi connectivity index (χ3n) is 4.18. The van der Waals surface area contributed by atoms with Crippen molar-refractivity contribution in [3.63, 3.8) is 0 Å². The second kappa shape index (κ2) is 10.2. The summed E-state index contributed by atoms with van der Waals surface area (Å²) in [5.41, 5.74) is 1.94. The molecule has 2 aromatic rings. The minimum atomic E-state index is -3.74. The molecule has 146 valence electrons. The Morgan fingerprint density at radius 3 is 2.30 bits per heavy atom. The highest BCUT2D eigenvalue weighted by Crippen LogP contribution is 2.19. The van der Waals surface area contributed by atoms with E-state index in [4.69, 9.17) is 4.74 Å². The third kappa shape index (κ3) is 6.29. The smallest absolute Gasteiger partial charge is 0.310 e. The number of halogens is 1. The molecule has 0 aromatic heterocycles. The lowest BCUT2D eigenvalue weighted by molar-refractivity contribution is -0.148. The molecule has 1 N–H and O–H groups in total. The summed E-state index contributed by atoms with van der Waals surface area (Å²) in [6, 6.07) is 15.6. The number of aryl methyl sites for hydroxylation is 1. The zero-order valence-corrected chi connectivity index (χ0v) is 18.4. The fraction of sp³-hybridized carbons (Fsp3) is 0.350. The van der Waals surface area contributed by atoms with E-state index in [0.29, 0.717) is 10.8 Å². The molecule has 0 aliphatic heterocycles. The number of carbonyl (C=O) groups excluding carboxylic acids is 1. The largest absolute Gasteiger partial charge is 0.466 e. The van der Waals surface area contributed by atoms with Crippen molar-refractivity contribution in [3.05, 3.63) is 65.7 Å². The van der Waals surface area contributed by atoms with E-state index in [0.717, 1.165) is 11.1 Å². The van der Waals surface area contributed by atoms with Crippen molar-refractivity contribution in [2.75, 3.05) is 11.0 Å². The highest BCUT2D eigenvalue weighted by molar-refractivity contribution is 14.1. The molecule has 2 rings (SSSR count). The second-order valence-electron chi connectivity index (χ2n) is 6.24. The number of alkyl halides is 1. The summed E-state index contributed by atoms with van der Waals surface area (Å²) in [5, 5.41) is 0. The molecular weight excluding hydrogens is 477 g/mol. The Morgan fingerprint density at radius 2 is 1.74 bits per heavy atom. The molecule has 0 radical (unpaired) electrons. The third-order valence-corrected chi connectivity index (χ3v) is 6.63. The van der Waals surface area contributed by atoms with E-state index in [1.54, 1.807) is 31.2 Å². The highest BCUT2D eigenvalue weighted by atomic mass is 127. The summed E-state index contributed by atoms with van der Waals surface area (Å²) < 4.78 is 33.9. The van der Waals surface area contributed by atoms with E-state index < -0.39 is 28.0 Å². The van der Waals surface area contributed by atoms with Gasteiger partial charge in [0.15, 0.2) is 0 Å². The standard InChI is InChI=1S/C20H24INO4S/c1-3-26-20(23)18(13-16-7-5-4-6-8-16)19(14-21)22-27(24,25)17-11-9-15(2)10-12-17/h4-12,18-19,22H,3,13-14H2,1-2H3. The van der Waals surface area contributed by atoms with Crippen LogP contribution in [0.25, 0.3) is 0 Å². The maximum absolute atomic E-state index is 12.8. The van der Waals surface area contributed by atoms with Gasteiger partial charge in [0.05, 0.1) is 17.4 Å². The molecule has 0 aliphatic carbocycles. The lowest BCUT2D eigenvalue weighted by Crippen LogP contribution is -2.46. The number of carbonyl (C=O) groups is 1. The van der Waals surface area contributed by atoms with E-state index in [1.165, 1.54) is 0 Å². The predicted octanol–water partition coefficient (Wildman–Crippen LogP) is 3.50. The van der Waals surface area contributed by atoms with Crippen molar-refractivity contribution in [2.24, 2.45) is 5.92 Å². The number of nitrogens with one attached hydrogen (secondary N) is 1. The second-order valence-corrected chi connectivity index (χ2v) is 8.84. The summed E-state index contributed by atoms with van der Waals surface area (Å²) in [6.07, 6.45) is 0.407. The van der Waals surface area contributed by atoms with Gasteiger partial charge in [0.1, 0.15) is 0 Å². The summed E-state index contributed by atoms with van der Waals surface area (Å²) in [7, 11) is -3.74. The fourth-order valence-corrected chi connectivity index (χ4v) is 5.12. The van der Waals surface area contributed by atoms with Crippen LogP contribution in [0, 0.1) is 12.8 Å². The monoisotopic (exact) mass is 501 g/mol. The molecule has 27 heavy (non-hydrogen) atoms. The number of ether oxygens (including phenoxy) is 1. The van der Waals surface area contributed by atoms with Gasteiger partial charge < -0.3 is 4.74 Å². The zero-order valence-electron chi connectivity index (χ0n) is 15.4. The van der Waals surface area contributed by atoms with Gasteiger partial charge in [0.2, 0.25) is 10.0 Å². The number of rotatable bonds is 9. The number of sulfonamides is 1. The predicted molar refractivity (Wildman–Crippen MR) is 114 cm³/mol. The van der Waals surface area contributed by atoms with Gasteiger partial charge in [0.25, 0.3) is 0 Å². The van der Waals surface area contributed by atoms with Crippen LogP contribution in [0.5, 0.6) is 0 Å². The number of esters is 1. The van der Waals surface area contributed by atoms with Gasteiger partial charge in [-0.25, -0.2) is 13.1 Å². The Labute approximate surface area is 174 Å². The highest BCUT2D eigenvalue weighted by Gasteiger charge is 2.32. The van der Waals surface area contributed by atoms with Gasteiger partial charge in [-0.2, -0.15) is 0 Å². The molecule has 0 fully saturated rings. The Kier molecular flexibility index (Phi) is 8.25. The molecule has 2 atom stereocenters. The van der Waals surface area contributed by atoms with E-state index >= 15 is 0 Å². The van der Waals surface area contributed by atoms with Crippen LogP contribution in [0.4, 0.5) is 0 Å². The van der Waals surface area contributed by atoms with Crippen molar-refractivity contribution >= 4 is 38.6 Å². The van der Waals surface area contributed by atoms with Gasteiger partial charge in [-0.05, 0) is 38.0 Å². The molecule has 0 amide bonds. The molecule has 0 aliphatic rings. The lowest BCUT2D eigenvalue weighted by Gasteiger charge is -2.25. The van der Waals surface area contributed by atoms with Gasteiger partial charge >= 0.3 is 5.97 Å². The molecule has 0 saturated heterocycles. The SMILES string of the molecule is CCOC(=O)C(Cc1ccccc1)C(CI)NS(=O)(=O)c1ccc(C)cc1. The van der Waals surface area contributed by atoms with E-state index in [-0.39, 0.29) is 11.5 Å². The van der Waals surface area contributed by atoms with Crippen molar-refractivity contribution in [1.29, 1.82) is 0 Å². The molecular formula is C20H24INO4S. The first-order valence-electron chi connectivity index (χ1n) is 8.73. The Bertz CT molecular complexity index is 838. The number of benzene rings is 2. The zero-order chi connectivity index (χ0) is 19.9. The molecule has 0 saturated carbocycles. The fourth-order valence-electron chi connectivity index (χ4n) is 2.71. The summed E-state index contributed by atoms with van der Waals surface area (Å²) in [4.78, 5) is 12.7. The Hall–Kier alpha value is -1.45. The van der Waals surface area contributed by atoms with Crippen LogP contribution in [0.2, 0.25) is 0 Å². The average Bonchev–Trinajstić information content (AvgIpc) is 2.66. The normalized spacial score (nSPS) is 13.7. The lowest BCUT2D eigenvalue weighted by atomic mass is 9.93. The van der Waals surface area contributed by atoms with E-state index in [1.807, 2.05) is 37.3 Å². The number of hydrogen-bond donors (Lipinski definition) is 1. The van der Waals surface area contributed by atoms with Gasteiger partial charge in [-0.3, -0.25) is 4.79 Å². The van der Waals surface area contributed by atoms with Crippen LogP contribution >= 0.6 is 22.6 Å². The van der Waals surface area contributed by atoms with Gasteiger partial charge in [-0.15, -0.1) is 0 Å². The van der Waals surface area contributed by atoms with Crippen LogP contribution in [0.3, 0.4) is 0 Å². The molecule has 0 bridgehead atoms. The first-order chi connectivity index (χ1) is 12.9. The maximum atomic E-state index is 12.8. The van der Waals surface area contributed by atoms with E-state index in [9.17, 15) is 13.2 Å². The minimum Gasteiger partial charge on any atom is -0.466 e. The topological polar surface area (TPSA) is 72.5 Å². The summed E-state index contributed by atoms with van der Waals surface area (Å²) in [5.74, 6) is -1.00. The quantitative estimate of drug-likeness (QED) is 0.325. The number of hydrogen-bond acceptors (Lipinski definition) is 4. The van der Waals surface area contributed by atoms with Crippen LogP contribution in [0.1, 0.15) is 18.1 Å². The van der Waals surface area contributed by atoms with Crippen LogP contribution in [-0.2, 0) is 26.0 Å².